The minimum Gasteiger partial charge on any atom is -0.336 e. The largest absolute Gasteiger partial charge is 0.336 e. The summed E-state index contributed by atoms with van der Waals surface area (Å²) in [5, 5.41) is 0. The van der Waals surface area contributed by atoms with E-state index in [-0.39, 0.29) is 16.8 Å². The van der Waals surface area contributed by atoms with Gasteiger partial charge >= 0.3 is 0 Å². The molecule has 0 saturated carbocycles. The normalized spacial score (nSPS) is 13.0. The third-order valence-corrected chi connectivity index (χ3v) is 7.36. The molecule has 0 aliphatic heterocycles. The van der Waals surface area contributed by atoms with Crippen molar-refractivity contribution in [1.29, 1.82) is 0 Å². The Labute approximate surface area is 175 Å². The fourth-order valence-electron chi connectivity index (χ4n) is 3.01. The molecule has 0 aliphatic carbocycles. The average molecular weight is 435 g/mol. The number of imidazole rings is 1. The molecule has 3 aromatic rings. The molecule has 1 aromatic carbocycles. The summed E-state index contributed by atoms with van der Waals surface area (Å²) in [6.45, 7) is 8.11. The SMILES string of the molecule is CCC(C)NS(=O)(=O)c1ccc(C(=O)N(C)Cc2c(C)nc3sc(C)cn23)cc1. The third-order valence-electron chi connectivity index (χ3n) is 4.85. The van der Waals surface area contributed by atoms with Crippen LogP contribution in [-0.4, -0.2) is 41.7 Å². The Hall–Kier alpha value is -2.23. The lowest BCUT2D eigenvalue weighted by molar-refractivity contribution is 0.0783. The maximum Gasteiger partial charge on any atom is 0.253 e. The molecule has 1 amide bonds. The molecule has 1 N–H and O–H groups in total. The van der Waals surface area contributed by atoms with Crippen LogP contribution in [-0.2, 0) is 16.6 Å². The maximum absolute atomic E-state index is 12.8. The standard InChI is InChI=1S/C20H26N4O3S2/c1-6-13(2)22-29(26,27)17-9-7-16(8-10-17)19(25)23(5)12-18-15(4)21-20-24(18)11-14(3)28-20/h7-11,13,22H,6,12H2,1-5H3. The molecule has 0 spiro atoms. The number of aryl methyl sites for hydroxylation is 2. The molecule has 9 heteroatoms. The molecule has 7 nitrogen and oxygen atoms in total. The number of amides is 1. The van der Waals surface area contributed by atoms with Crippen molar-refractivity contribution in [3.05, 3.63) is 52.3 Å². The summed E-state index contributed by atoms with van der Waals surface area (Å²) in [7, 11) is -1.86. The van der Waals surface area contributed by atoms with Crippen LogP contribution in [0.4, 0.5) is 0 Å². The number of carbonyl (C=O) groups excluding carboxylic acids is 1. The number of nitrogens with one attached hydrogen (secondary N) is 1. The van der Waals surface area contributed by atoms with Crippen molar-refractivity contribution in [2.45, 2.75) is 51.6 Å². The Morgan fingerprint density at radius 1 is 1.28 bits per heavy atom. The number of carbonyl (C=O) groups is 1. The van der Waals surface area contributed by atoms with E-state index in [0.717, 1.165) is 21.2 Å². The van der Waals surface area contributed by atoms with Gasteiger partial charge in [0.15, 0.2) is 4.96 Å². The van der Waals surface area contributed by atoms with Crippen molar-refractivity contribution in [2.75, 3.05) is 7.05 Å². The van der Waals surface area contributed by atoms with Crippen molar-refractivity contribution in [3.63, 3.8) is 0 Å². The van der Waals surface area contributed by atoms with Crippen LogP contribution in [0.3, 0.4) is 0 Å². The number of aromatic nitrogens is 2. The Kier molecular flexibility index (Phi) is 6.11. The lowest BCUT2D eigenvalue weighted by atomic mass is 10.2. The van der Waals surface area contributed by atoms with Crippen LogP contribution >= 0.6 is 11.3 Å². The molecular formula is C20H26N4O3S2. The molecule has 1 atom stereocenters. The Bertz CT molecular complexity index is 1130. The number of hydrogen-bond donors (Lipinski definition) is 1. The topological polar surface area (TPSA) is 83.8 Å². The van der Waals surface area contributed by atoms with Crippen LogP contribution in [0.2, 0.25) is 0 Å². The second-order valence-electron chi connectivity index (χ2n) is 7.25. The van der Waals surface area contributed by atoms with Crippen molar-refractivity contribution in [1.82, 2.24) is 19.0 Å². The summed E-state index contributed by atoms with van der Waals surface area (Å²) < 4.78 is 29.4. The molecular weight excluding hydrogens is 408 g/mol. The van der Waals surface area contributed by atoms with Gasteiger partial charge in [-0.05, 0) is 51.5 Å². The number of hydrogen-bond acceptors (Lipinski definition) is 5. The molecule has 3 rings (SSSR count). The number of benzene rings is 1. The predicted octanol–water partition coefficient (Wildman–Crippen LogP) is 3.36. The van der Waals surface area contributed by atoms with Gasteiger partial charge in [0.25, 0.3) is 5.91 Å². The molecule has 0 saturated heterocycles. The smallest absolute Gasteiger partial charge is 0.253 e. The fourth-order valence-corrected chi connectivity index (χ4v) is 5.23. The summed E-state index contributed by atoms with van der Waals surface area (Å²) in [6.07, 6.45) is 2.73. The van der Waals surface area contributed by atoms with Gasteiger partial charge in [-0.1, -0.05) is 6.92 Å². The first-order valence-corrected chi connectivity index (χ1v) is 11.7. The highest BCUT2D eigenvalue weighted by Gasteiger charge is 2.20. The van der Waals surface area contributed by atoms with Gasteiger partial charge in [0.1, 0.15) is 0 Å². The first-order valence-electron chi connectivity index (χ1n) is 9.44. The number of sulfonamides is 1. The molecule has 0 aliphatic rings. The zero-order valence-corrected chi connectivity index (χ0v) is 18.9. The highest BCUT2D eigenvalue weighted by Crippen LogP contribution is 2.22. The second-order valence-corrected chi connectivity index (χ2v) is 10.2. The molecule has 1 unspecified atom stereocenters. The van der Waals surface area contributed by atoms with Gasteiger partial charge in [-0.3, -0.25) is 9.20 Å². The van der Waals surface area contributed by atoms with E-state index in [1.807, 2.05) is 38.3 Å². The molecule has 0 bridgehead atoms. The van der Waals surface area contributed by atoms with Gasteiger partial charge < -0.3 is 4.90 Å². The van der Waals surface area contributed by atoms with E-state index in [1.54, 1.807) is 35.4 Å². The van der Waals surface area contributed by atoms with E-state index in [9.17, 15) is 13.2 Å². The van der Waals surface area contributed by atoms with E-state index < -0.39 is 10.0 Å². The molecule has 2 aromatic heterocycles. The van der Waals surface area contributed by atoms with Gasteiger partial charge in [0, 0.05) is 29.7 Å². The average Bonchev–Trinajstić information content (AvgIpc) is 3.16. The monoisotopic (exact) mass is 434 g/mol. The van der Waals surface area contributed by atoms with E-state index in [1.165, 1.54) is 12.1 Å². The van der Waals surface area contributed by atoms with E-state index in [0.29, 0.717) is 18.5 Å². The number of fused-ring (bicyclic) bond motifs is 1. The minimum atomic E-state index is -3.59. The molecule has 0 radical (unpaired) electrons. The molecule has 29 heavy (non-hydrogen) atoms. The maximum atomic E-state index is 12.8. The van der Waals surface area contributed by atoms with Crippen LogP contribution in [0.1, 0.15) is 46.9 Å². The molecule has 156 valence electrons. The summed E-state index contributed by atoms with van der Waals surface area (Å²) in [5.41, 5.74) is 2.31. The van der Waals surface area contributed by atoms with Crippen molar-refractivity contribution in [3.8, 4) is 0 Å². The van der Waals surface area contributed by atoms with Crippen molar-refractivity contribution < 1.29 is 13.2 Å². The van der Waals surface area contributed by atoms with E-state index in [4.69, 9.17) is 0 Å². The number of thiazole rings is 1. The van der Waals surface area contributed by atoms with Gasteiger partial charge in [-0.2, -0.15) is 0 Å². The zero-order valence-electron chi connectivity index (χ0n) is 17.3. The van der Waals surface area contributed by atoms with E-state index in [2.05, 4.69) is 9.71 Å². The lowest BCUT2D eigenvalue weighted by Crippen LogP contribution is -2.32. The van der Waals surface area contributed by atoms with Crippen LogP contribution in [0, 0.1) is 13.8 Å². The van der Waals surface area contributed by atoms with Crippen LogP contribution in [0.15, 0.2) is 35.4 Å². The quantitative estimate of drug-likeness (QED) is 0.618. The summed E-state index contributed by atoms with van der Waals surface area (Å²) in [4.78, 5) is 21.2. The van der Waals surface area contributed by atoms with Gasteiger partial charge in [0.05, 0.1) is 22.8 Å². The first kappa shape index (κ1) is 21.5. The lowest BCUT2D eigenvalue weighted by Gasteiger charge is -2.18. The number of nitrogens with zero attached hydrogens (tertiary/aromatic N) is 3. The van der Waals surface area contributed by atoms with Gasteiger partial charge in [-0.15, -0.1) is 11.3 Å². The van der Waals surface area contributed by atoms with Gasteiger partial charge in [0.2, 0.25) is 10.0 Å². The second kappa shape index (κ2) is 8.25. The Balaban J connectivity index is 1.77. The summed E-state index contributed by atoms with van der Waals surface area (Å²) in [5.74, 6) is -0.176. The Morgan fingerprint density at radius 2 is 1.93 bits per heavy atom. The highest BCUT2D eigenvalue weighted by atomic mass is 32.2. The Morgan fingerprint density at radius 3 is 2.55 bits per heavy atom. The van der Waals surface area contributed by atoms with Crippen LogP contribution < -0.4 is 4.72 Å². The van der Waals surface area contributed by atoms with Crippen molar-refractivity contribution in [2.24, 2.45) is 0 Å². The minimum absolute atomic E-state index is 0.149. The third kappa shape index (κ3) is 4.52. The molecule has 2 heterocycles. The van der Waals surface area contributed by atoms with Crippen LogP contribution in [0.5, 0.6) is 0 Å². The van der Waals surface area contributed by atoms with E-state index >= 15 is 0 Å². The summed E-state index contributed by atoms with van der Waals surface area (Å²) >= 11 is 1.61. The highest BCUT2D eigenvalue weighted by molar-refractivity contribution is 7.89. The van der Waals surface area contributed by atoms with Crippen molar-refractivity contribution >= 4 is 32.2 Å². The first-order chi connectivity index (χ1) is 13.6. The van der Waals surface area contributed by atoms with Crippen LogP contribution in [0.25, 0.3) is 4.96 Å². The zero-order chi connectivity index (χ0) is 21.3. The summed E-state index contributed by atoms with van der Waals surface area (Å²) in [6, 6.07) is 5.89. The fraction of sp³-hybridized carbons (Fsp3) is 0.400. The molecule has 0 fully saturated rings. The van der Waals surface area contributed by atoms with Gasteiger partial charge in [-0.25, -0.2) is 18.1 Å². The predicted molar refractivity (Wildman–Crippen MR) is 115 cm³/mol. The number of rotatable bonds is 7.